The molecular formula is C13H13FN2. The van der Waals surface area contributed by atoms with Gasteiger partial charge in [0.2, 0.25) is 0 Å². The molecule has 0 aliphatic heterocycles. The van der Waals surface area contributed by atoms with Gasteiger partial charge in [-0.25, -0.2) is 4.39 Å². The zero-order chi connectivity index (χ0) is 11.5. The third-order valence-corrected chi connectivity index (χ3v) is 2.50. The summed E-state index contributed by atoms with van der Waals surface area (Å²) < 4.78 is 13.1. The average molecular weight is 216 g/mol. The number of nitrogens with zero attached hydrogens (tertiary/aromatic N) is 1. The highest BCUT2D eigenvalue weighted by molar-refractivity contribution is 5.67. The minimum Gasteiger partial charge on any atom is -0.326 e. The van der Waals surface area contributed by atoms with Crippen LogP contribution in [0.2, 0.25) is 0 Å². The molecular weight excluding hydrogens is 203 g/mol. The number of nitrogens with two attached hydrogens (primary N) is 1. The lowest BCUT2D eigenvalue weighted by molar-refractivity contribution is 0.622. The van der Waals surface area contributed by atoms with Crippen molar-refractivity contribution >= 4 is 0 Å². The fraction of sp³-hybridized carbons (Fsp3) is 0.154. The van der Waals surface area contributed by atoms with Crippen molar-refractivity contribution in [1.82, 2.24) is 4.98 Å². The second kappa shape index (κ2) is 4.41. The van der Waals surface area contributed by atoms with Gasteiger partial charge < -0.3 is 5.73 Å². The average Bonchev–Trinajstić information content (AvgIpc) is 2.29. The van der Waals surface area contributed by atoms with Crippen LogP contribution in [-0.2, 0) is 6.54 Å². The Morgan fingerprint density at radius 1 is 1.25 bits per heavy atom. The molecule has 3 heteroatoms. The molecule has 0 aliphatic rings. The van der Waals surface area contributed by atoms with Crippen LogP contribution in [0.15, 0.2) is 36.7 Å². The number of hydrogen-bond donors (Lipinski definition) is 1. The lowest BCUT2D eigenvalue weighted by atomic mass is 9.99. The van der Waals surface area contributed by atoms with Crippen LogP contribution in [0, 0.1) is 12.7 Å². The van der Waals surface area contributed by atoms with Crippen molar-refractivity contribution < 1.29 is 4.39 Å². The van der Waals surface area contributed by atoms with Crippen LogP contribution in [0.4, 0.5) is 4.39 Å². The third kappa shape index (κ3) is 2.09. The maximum Gasteiger partial charge on any atom is 0.142 e. The monoisotopic (exact) mass is 216 g/mol. The highest BCUT2D eigenvalue weighted by Gasteiger charge is 2.05. The molecule has 0 amide bonds. The topological polar surface area (TPSA) is 38.9 Å². The minimum atomic E-state index is -0.332. The van der Waals surface area contributed by atoms with E-state index < -0.39 is 0 Å². The first-order valence-corrected chi connectivity index (χ1v) is 5.11. The SMILES string of the molecule is Cc1ccc(CN)c(-c2cncc(F)c2)c1. The Labute approximate surface area is 93.9 Å². The Morgan fingerprint density at radius 2 is 2.06 bits per heavy atom. The number of rotatable bonds is 2. The van der Waals surface area contributed by atoms with E-state index in [1.807, 2.05) is 25.1 Å². The summed E-state index contributed by atoms with van der Waals surface area (Å²) in [4.78, 5) is 3.85. The van der Waals surface area contributed by atoms with Crippen LogP contribution in [-0.4, -0.2) is 4.98 Å². The zero-order valence-corrected chi connectivity index (χ0v) is 9.07. The summed E-state index contributed by atoms with van der Waals surface area (Å²) >= 11 is 0. The van der Waals surface area contributed by atoms with Crippen LogP contribution >= 0.6 is 0 Å². The molecule has 1 aromatic heterocycles. The first-order chi connectivity index (χ1) is 7.70. The molecule has 0 saturated heterocycles. The first-order valence-electron chi connectivity index (χ1n) is 5.11. The maximum atomic E-state index is 13.1. The number of pyridine rings is 1. The molecule has 2 N–H and O–H groups in total. The van der Waals surface area contributed by atoms with Crippen molar-refractivity contribution in [3.8, 4) is 11.1 Å². The smallest absolute Gasteiger partial charge is 0.142 e. The molecule has 0 fully saturated rings. The molecule has 82 valence electrons. The van der Waals surface area contributed by atoms with Crippen LogP contribution in [0.25, 0.3) is 11.1 Å². The molecule has 0 aliphatic carbocycles. The summed E-state index contributed by atoms with van der Waals surface area (Å²) in [6.07, 6.45) is 2.85. The molecule has 0 atom stereocenters. The second-order valence-corrected chi connectivity index (χ2v) is 3.76. The minimum absolute atomic E-state index is 0.332. The van der Waals surface area contributed by atoms with Crippen molar-refractivity contribution in [3.63, 3.8) is 0 Å². The van der Waals surface area contributed by atoms with Crippen LogP contribution < -0.4 is 5.73 Å². The molecule has 16 heavy (non-hydrogen) atoms. The summed E-state index contributed by atoms with van der Waals surface area (Å²) in [7, 11) is 0. The van der Waals surface area contributed by atoms with E-state index in [4.69, 9.17) is 5.73 Å². The molecule has 0 saturated carbocycles. The number of hydrogen-bond acceptors (Lipinski definition) is 2. The quantitative estimate of drug-likeness (QED) is 0.838. The van der Waals surface area contributed by atoms with E-state index in [0.29, 0.717) is 6.54 Å². The van der Waals surface area contributed by atoms with E-state index in [2.05, 4.69) is 4.98 Å². The Bertz CT molecular complexity index is 509. The standard InChI is InChI=1S/C13H13FN2/c1-9-2-3-10(6-15)13(4-9)11-5-12(14)8-16-7-11/h2-5,7-8H,6,15H2,1H3. The van der Waals surface area contributed by atoms with Gasteiger partial charge in [-0.15, -0.1) is 0 Å². The largest absolute Gasteiger partial charge is 0.326 e. The summed E-state index contributed by atoms with van der Waals surface area (Å²) in [5, 5.41) is 0. The van der Waals surface area contributed by atoms with E-state index in [1.54, 1.807) is 6.20 Å². The Hall–Kier alpha value is -1.74. The van der Waals surface area contributed by atoms with Gasteiger partial charge in [-0.2, -0.15) is 0 Å². The predicted molar refractivity (Wildman–Crippen MR) is 62.3 cm³/mol. The fourth-order valence-corrected chi connectivity index (χ4v) is 1.70. The number of halogens is 1. The molecule has 2 rings (SSSR count). The highest BCUT2D eigenvalue weighted by Crippen LogP contribution is 2.24. The number of aromatic nitrogens is 1. The third-order valence-electron chi connectivity index (χ3n) is 2.50. The Kier molecular flexibility index (Phi) is 2.97. The second-order valence-electron chi connectivity index (χ2n) is 3.76. The molecule has 0 radical (unpaired) electrons. The van der Waals surface area contributed by atoms with Gasteiger partial charge in [-0.1, -0.05) is 23.8 Å². The molecule has 0 bridgehead atoms. The maximum absolute atomic E-state index is 13.1. The van der Waals surface area contributed by atoms with Gasteiger partial charge >= 0.3 is 0 Å². The lowest BCUT2D eigenvalue weighted by Crippen LogP contribution is -1.99. The van der Waals surface area contributed by atoms with Gasteiger partial charge in [-0.3, -0.25) is 4.98 Å². The summed E-state index contributed by atoms with van der Waals surface area (Å²) in [5.41, 5.74) is 9.50. The van der Waals surface area contributed by atoms with E-state index in [-0.39, 0.29) is 5.82 Å². The van der Waals surface area contributed by atoms with Crippen molar-refractivity contribution in [1.29, 1.82) is 0 Å². The molecule has 2 aromatic rings. The number of aryl methyl sites for hydroxylation is 1. The van der Waals surface area contributed by atoms with Gasteiger partial charge in [0.1, 0.15) is 5.82 Å². The van der Waals surface area contributed by atoms with Crippen molar-refractivity contribution in [2.24, 2.45) is 5.73 Å². The first kappa shape index (κ1) is 10.8. The van der Waals surface area contributed by atoms with Crippen LogP contribution in [0.1, 0.15) is 11.1 Å². The fourth-order valence-electron chi connectivity index (χ4n) is 1.70. The van der Waals surface area contributed by atoms with Gasteiger partial charge in [0.25, 0.3) is 0 Å². The molecule has 0 unspecified atom stereocenters. The van der Waals surface area contributed by atoms with Crippen molar-refractivity contribution in [3.05, 3.63) is 53.6 Å². The van der Waals surface area contributed by atoms with Gasteiger partial charge in [0.05, 0.1) is 6.20 Å². The summed E-state index contributed by atoms with van der Waals surface area (Å²) in [5.74, 6) is -0.332. The molecule has 1 aromatic carbocycles. The van der Waals surface area contributed by atoms with Crippen LogP contribution in [0.5, 0.6) is 0 Å². The predicted octanol–water partition coefficient (Wildman–Crippen LogP) is 2.65. The van der Waals surface area contributed by atoms with Gasteiger partial charge in [0, 0.05) is 18.3 Å². The normalized spacial score (nSPS) is 10.4. The summed E-state index contributed by atoms with van der Waals surface area (Å²) in [6.45, 7) is 2.43. The Morgan fingerprint density at radius 3 is 2.75 bits per heavy atom. The molecule has 1 heterocycles. The van der Waals surface area contributed by atoms with Gasteiger partial charge in [-0.05, 0) is 24.1 Å². The molecule has 2 nitrogen and oxygen atoms in total. The van der Waals surface area contributed by atoms with Crippen LogP contribution in [0.3, 0.4) is 0 Å². The van der Waals surface area contributed by atoms with E-state index >= 15 is 0 Å². The summed E-state index contributed by atoms with van der Waals surface area (Å²) in [6, 6.07) is 7.44. The van der Waals surface area contributed by atoms with E-state index in [0.717, 1.165) is 22.3 Å². The lowest BCUT2D eigenvalue weighted by Gasteiger charge is -2.08. The Balaban J connectivity index is 2.58. The van der Waals surface area contributed by atoms with E-state index in [1.165, 1.54) is 12.3 Å². The molecule has 0 spiro atoms. The zero-order valence-electron chi connectivity index (χ0n) is 9.07. The highest BCUT2D eigenvalue weighted by atomic mass is 19.1. The van der Waals surface area contributed by atoms with E-state index in [9.17, 15) is 4.39 Å². The van der Waals surface area contributed by atoms with Crippen molar-refractivity contribution in [2.75, 3.05) is 0 Å². The van der Waals surface area contributed by atoms with Gasteiger partial charge in [0.15, 0.2) is 0 Å². The number of benzene rings is 1. The van der Waals surface area contributed by atoms with Crippen molar-refractivity contribution in [2.45, 2.75) is 13.5 Å².